The van der Waals surface area contributed by atoms with E-state index in [1.54, 1.807) is 0 Å². The number of benzene rings is 1. The van der Waals surface area contributed by atoms with Gasteiger partial charge in [0.05, 0.1) is 0 Å². The molecule has 1 fully saturated rings. The first-order valence-corrected chi connectivity index (χ1v) is 6.21. The molecule has 0 N–H and O–H groups in total. The van der Waals surface area contributed by atoms with Gasteiger partial charge < -0.3 is 4.57 Å². The van der Waals surface area contributed by atoms with E-state index in [-0.39, 0.29) is 0 Å². The van der Waals surface area contributed by atoms with Crippen LogP contribution < -0.4 is 0 Å². The van der Waals surface area contributed by atoms with E-state index in [0.29, 0.717) is 6.04 Å². The van der Waals surface area contributed by atoms with Crippen molar-refractivity contribution in [2.45, 2.75) is 25.8 Å². The number of nitrogens with zero attached hydrogens (tertiary/aromatic N) is 3. The lowest BCUT2D eigenvalue weighted by Gasteiger charge is -2.07. The average molecular weight is 278 g/mol. The maximum Gasteiger partial charge on any atom is 0.165 e. The monoisotopic (exact) mass is 277 g/mol. The van der Waals surface area contributed by atoms with Gasteiger partial charge in [0.2, 0.25) is 0 Å². The van der Waals surface area contributed by atoms with E-state index in [1.165, 1.54) is 18.4 Å². The quantitative estimate of drug-likeness (QED) is 0.843. The van der Waals surface area contributed by atoms with Crippen molar-refractivity contribution in [2.75, 3.05) is 0 Å². The molecule has 0 radical (unpaired) electrons. The SMILES string of the molecule is Cc1ccc(Br)c(-c2nncn2C2CC2)c1. The summed E-state index contributed by atoms with van der Waals surface area (Å²) in [5.41, 5.74) is 2.37. The summed E-state index contributed by atoms with van der Waals surface area (Å²) in [5, 5.41) is 8.26. The van der Waals surface area contributed by atoms with Crippen LogP contribution in [0, 0.1) is 6.92 Å². The lowest BCUT2D eigenvalue weighted by molar-refractivity contribution is 0.746. The molecule has 0 bridgehead atoms. The van der Waals surface area contributed by atoms with Gasteiger partial charge in [-0.2, -0.15) is 0 Å². The smallest absolute Gasteiger partial charge is 0.165 e. The molecule has 4 heteroatoms. The summed E-state index contributed by atoms with van der Waals surface area (Å²) in [6.07, 6.45) is 4.32. The van der Waals surface area contributed by atoms with Crippen LogP contribution in [0.15, 0.2) is 29.0 Å². The van der Waals surface area contributed by atoms with Crippen molar-refractivity contribution in [1.29, 1.82) is 0 Å². The van der Waals surface area contributed by atoms with Crippen LogP contribution in [0.4, 0.5) is 0 Å². The minimum atomic E-state index is 0.609. The lowest BCUT2D eigenvalue weighted by atomic mass is 10.1. The molecule has 1 aromatic carbocycles. The van der Waals surface area contributed by atoms with Gasteiger partial charge >= 0.3 is 0 Å². The van der Waals surface area contributed by atoms with Gasteiger partial charge in [-0.05, 0) is 31.9 Å². The molecule has 0 amide bonds. The van der Waals surface area contributed by atoms with Crippen LogP contribution in [0.1, 0.15) is 24.4 Å². The fourth-order valence-corrected chi connectivity index (χ4v) is 2.29. The number of rotatable bonds is 2. The maximum atomic E-state index is 4.23. The van der Waals surface area contributed by atoms with Gasteiger partial charge in [-0.25, -0.2) is 0 Å². The van der Waals surface area contributed by atoms with Crippen molar-refractivity contribution < 1.29 is 0 Å². The number of halogens is 1. The van der Waals surface area contributed by atoms with Gasteiger partial charge in [0.15, 0.2) is 5.82 Å². The summed E-state index contributed by atoms with van der Waals surface area (Å²) in [6.45, 7) is 2.09. The van der Waals surface area contributed by atoms with Gasteiger partial charge in [0.1, 0.15) is 6.33 Å². The molecule has 1 saturated carbocycles. The molecule has 0 unspecified atom stereocenters. The molecular weight excluding hydrogens is 266 g/mol. The van der Waals surface area contributed by atoms with Crippen LogP contribution in [0.2, 0.25) is 0 Å². The average Bonchev–Trinajstić information content (AvgIpc) is 3.01. The summed E-state index contributed by atoms with van der Waals surface area (Å²) in [4.78, 5) is 0. The van der Waals surface area contributed by atoms with Crippen LogP contribution in [0.25, 0.3) is 11.4 Å². The van der Waals surface area contributed by atoms with Gasteiger partial charge in [-0.3, -0.25) is 0 Å². The summed E-state index contributed by atoms with van der Waals surface area (Å²) >= 11 is 3.57. The van der Waals surface area contributed by atoms with Crippen molar-refractivity contribution in [3.05, 3.63) is 34.6 Å². The first-order valence-electron chi connectivity index (χ1n) is 5.42. The largest absolute Gasteiger partial charge is 0.310 e. The van der Waals surface area contributed by atoms with Crippen molar-refractivity contribution in [1.82, 2.24) is 14.8 Å². The molecule has 0 atom stereocenters. The highest BCUT2D eigenvalue weighted by Gasteiger charge is 2.27. The van der Waals surface area contributed by atoms with Crippen LogP contribution >= 0.6 is 15.9 Å². The zero-order chi connectivity index (χ0) is 11.1. The standard InChI is InChI=1S/C12H12BrN3/c1-8-2-5-11(13)10(6-8)12-15-14-7-16(12)9-3-4-9/h2,5-7,9H,3-4H2,1H3. The molecule has 1 aliphatic carbocycles. The second-order valence-electron chi connectivity index (χ2n) is 4.28. The molecule has 3 rings (SSSR count). The Bertz CT molecular complexity index is 529. The van der Waals surface area contributed by atoms with E-state index in [4.69, 9.17) is 0 Å². The lowest BCUT2D eigenvalue weighted by Crippen LogP contribution is -1.96. The third-order valence-electron chi connectivity index (χ3n) is 2.88. The number of hydrogen-bond donors (Lipinski definition) is 0. The second-order valence-corrected chi connectivity index (χ2v) is 5.13. The predicted molar refractivity (Wildman–Crippen MR) is 66.2 cm³/mol. The first-order chi connectivity index (χ1) is 7.75. The highest BCUT2D eigenvalue weighted by atomic mass is 79.9. The van der Waals surface area contributed by atoms with Crippen molar-refractivity contribution >= 4 is 15.9 Å². The Balaban J connectivity index is 2.13. The van der Waals surface area contributed by atoms with E-state index in [9.17, 15) is 0 Å². The van der Waals surface area contributed by atoms with E-state index in [0.717, 1.165) is 15.9 Å². The number of aromatic nitrogens is 3. The molecule has 16 heavy (non-hydrogen) atoms. The molecule has 1 heterocycles. The third-order valence-corrected chi connectivity index (χ3v) is 3.57. The molecule has 2 aromatic rings. The van der Waals surface area contributed by atoms with Crippen LogP contribution in [0.5, 0.6) is 0 Å². The molecule has 3 nitrogen and oxygen atoms in total. The molecule has 0 spiro atoms. The van der Waals surface area contributed by atoms with Gasteiger partial charge in [0, 0.05) is 16.1 Å². The molecular formula is C12H12BrN3. The van der Waals surface area contributed by atoms with Gasteiger partial charge in [-0.1, -0.05) is 27.6 Å². The fraction of sp³-hybridized carbons (Fsp3) is 0.333. The van der Waals surface area contributed by atoms with E-state index in [2.05, 4.69) is 55.8 Å². The van der Waals surface area contributed by atoms with Crippen LogP contribution in [0.3, 0.4) is 0 Å². The minimum Gasteiger partial charge on any atom is -0.310 e. The van der Waals surface area contributed by atoms with Gasteiger partial charge in [0.25, 0.3) is 0 Å². The van der Waals surface area contributed by atoms with E-state index in [1.807, 2.05) is 6.33 Å². The zero-order valence-electron chi connectivity index (χ0n) is 9.02. The second kappa shape index (κ2) is 3.70. The van der Waals surface area contributed by atoms with Crippen molar-refractivity contribution in [3.63, 3.8) is 0 Å². The summed E-state index contributed by atoms with van der Waals surface area (Å²) in [6, 6.07) is 6.91. The Morgan fingerprint density at radius 1 is 1.38 bits per heavy atom. The number of hydrogen-bond acceptors (Lipinski definition) is 2. The summed E-state index contributed by atoms with van der Waals surface area (Å²) in [7, 11) is 0. The van der Waals surface area contributed by atoms with Crippen molar-refractivity contribution in [3.8, 4) is 11.4 Å². The molecule has 82 valence electrons. The van der Waals surface area contributed by atoms with Crippen molar-refractivity contribution in [2.24, 2.45) is 0 Å². The Morgan fingerprint density at radius 3 is 2.94 bits per heavy atom. The Kier molecular flexibility index (Phi) is 2.32. The van der Waals surface area contributed by atoms with Crippen LogP contribution in [-0.4, -0.2) is 14.8 Å². The molecule has 1 aliphatic rings. The highest BCUT2D eigenvalue weighted by Crippen LogP contribution is 2.38. The van der Waals surface area contributed by atoms with E-state index < -0.39 is 0 Å². The van der Waals surface area contributed by atoms with E-state index >= 15 is 0 Å². The topological polar surface area (TPSA) is 30.7 Å². The summed E-state index contributed by atoms with van der Waals surface area (Å²) < 4.78 is 3.26. The minimum absolute atomic E-state index is 0.609. The van der Waals surface area contributed by atoms with Crippen LogP contribution in [-0.2, 0) is 0 Å². The first kappa shape index (κ1) is 10.0. The summed E-state index contributed by atoms with van der Waals surface area (Å²) in [5.74, 6) is 0.970. The highest BCUT2D eigenvalue weighted by molar-refractivity contribution is 9.10. The molecule has 1 aromatic heterocycles. The normalized spacial score (nSPS) is 15.4. The Labute approximate surface area is 103 Å². The third kappa shape index (κ3) is 1.67. The Morgan fingerprint density at radius 2 is 2.19 bits per heavy atom. The Hall–Kier alpha value is -1.16. The number of aryl methyl sites for hydroxylation is 1. The molecule has 0 saturated heterocycles. The zero-order valence-corrected chi connectivity index (χ0v) is 10.6. The van der Waals surface area contributed by atoms with Gasteiger partial charge in [-0.15, -0.1) is 10.2 Å². The predicted octanol–water partition coefficient (Wildman–Crippen LogP) is 3.35. The molecule has 0 aliphatic heterocycles. The maximum absolute atomic E-state index is 4.23. The fourth-order valence-electron chi connectivity index (χ4n) is 1.87.